The van der Waals surface area contributed by atoms with E-state index in [1.54, 1.807) is 18.0 Å². The molecule has 5 nitrogen and oxygen atoms in total. The molecule has 5 aromatic rings. The average molecular weight is 437 g/mol. The highest BCUT2D eigenvalue weighted by Crippen LogP contribution is 2.26. The molecular weight excluding hydrogens is 416 g/mol. The molecule has 0 aliphatic rings. The number of nitrogens with zero attached hydrogens (tertiary/aromatic N) is 3. The summed E-state index contributed by atoms with van der Waals surface area (Å²) in [5.74, 6) is -0.143. The third-order valence-electron chi connectivity index (χ3n) is 5.28. The van der Waals surface area contributed by atoms with Gasteiger partial charge in [-0.05, 0) is 41.6 Å². The lowest BCUT2D eigenvalue weighted by molar-refractivity contribution is 0.102. The summed E-state index contributed by atoms with van der Waals surface area (Å²) >= 11 is 1.57. The molecule has 0 aliphatic carbocycles. The fourth-order valence-corrected chi connectivity index (χ4v) is 4.13. The van der Waals surface area contributed by atoms with Crippen molar-refractivity contribution in [1.82, 2.24) is 14.4 Å². The highest BCUT2D eigenvalue weighted by molar-refractivity contribution is 7.98. The summed E-state index contributed by atoms with van der Waals surface area (Å²) in [4.78, 5) is 21.6. The number of hydrogen-bond donors (Lipinski definition) is 1. The Bertz CT molecular complexity index is 1380. The van der Waals surface area contributed by atoms with E-state index in [1.807, 2.05) is 89.8 Å². The Hall–Kier alpha value is -3.90. The molecule has 0 spiro atoms. The van der Waals surface area contributed by atoms with Crippen LogP contribution in [-0.2, 0) is 0 Å². The molecular formula is C26H20N4OS. The average Bonchev–Trinajstić information content (AvgIpc) is 3.29. The zero-order chi connectivity index (χ0) is 21.9. The minimum absolute atomic E-state index is 0.143. The maximum absolute atomic E-state index is 12.7. The van der Waals surface area contributed by atoms with Crippen molar-refractivity contribution in [3.8, 4) is 22.4 Å². The molecule has 3 aromatic carbocycles. The standard InChI is InChI=1S/C26H20N4OS/c1-32-26-24-28-17-23(30(24)16-15-27-26)20-7-9-21(10-8-20)25(31)29-22-13-11-19(12-14-22)18-5-3-2-4-6-18/h2-17H,1H3,(H,29,31). The van der Waals surface area contributed by atoms with E-state index in [2.05, 4.69) is 27.4 Å². The van der Waals surface area contributed by atoms with Crippen LogP contribution in [0, 0.1) is 0 Å². The van der Waals surface area contributed by atoms with Crippen LogP contribution in [0.25, 0.3) is 28.0 Å². The number of carbonyl (C=O) groups excluding carboxylic acids is 1. The van der Waals surface area contributed by atoms with Gasteiger partial charge in [0.05, 0.1) is 11.9 Å². The number of fused-ring (bicyclic) bond motifs is 1. The zero-order valence-corrected chi connectivity index (χ0v) is 18.2. The normalized spacial score (nSPS) is 10.9. The number of anilines is 1. The molecule has 0 unspecified atom stereocenters. The lowest BCUT2D eigenvalue weighted by atomic mass is 10.1. The quantitative estimate of drug-likeness (QED) is 0.341. The molecule has 156 valence electrons. The van der Waals surface area contributed by atoms with Crippen molar-refractivity contribution in [1.29, 1.82) is 0 Å². The van der Waals surface area contributed by atoms with Crippen LogP contribution in [0.2, 0.25) is 0 Å². The van der Waals surface area contributed by atoms with Gasteiger partial charge in [-0.15, -0.1) is 11.8 Å². The smallest absolute Gasteiger partial charge is 0.255 e. The highest BCUT2D eigenvalue weighted by Gasteiger charge is 2.11. The van der Waals surface area contributed by atoms with Crippen molar-refractivity contribution in [3.63, 3.8) is 0 Å². The van der Waals surface area contributed by atoms with Crippen LogP contribution in [0.4, 0.5) is 5.69 Å². The second-order valence-corrected chi connectivity index (χ2v) is 8.04. The molecule has 0 fully saturated rings. The van der Waals surface area contributed by atoms with Crippen LogP contribution in [0.5, 0.6) is 0 Å². The molecule has 0 radical (unpaired) electrons. The molecule has 0 bridgehead atoms. The van der Waals surface area contributed by atoms with E-state index >= 15 is 0 Å². The lowest BCUT2D eigenvalue weighted by Gasteiger charge is -2.08. The van der Waals surface area contributed by atoms with E-state index < -0.39 is 0 Å². The minimum atomic E-state index is -0.143. The second-order valence-electron chi connectivity index (χ2n) is 7.25. The van der Waals surface area contributed by atoms with Crippen LogP contribution in [0.3, 0.4) is 0 Å². The van der Waals surface area contributed by atoms with E-state index in [4.69, 9.17) is 0 Å². The first-order valence-corrected chi connectivity index (χ1v) is 11.4. The molecule has 0 atom stereocenters. The van der Waals surface area contributed by atoms with Crippen molar-refractivity contribution >= 4 is 29.0 Å². The van der Waals surface area contributed by atoms with Gasteiger partial charge in [-0.3, -0.25) is 9.20 Å². The minimum Gasteiger partial charge on any atom is -0.322 e. The van der Waals surface area contributed by atoms with Gasteiger partial charge in [-0.2, -0.15) is 0 Å². The van der Waals surface area contributed by atoms with Gasteiger partial charge in [-0.1, -0.05) is 54.6 Å². The number of rotatable bonds is 5. The van der Waals surface area contributed by atoms with Crippen LogP contribution in [-0.4, -0.2) is 26.5 Å². The largest absolute Gasteiger partial charge is 0.322 e. The number of benzene rings is 3. The molecule has 1 amide bonds. The molecule has 1 N–H and O–H groups in total. The van der Waals surface area contributed by atoms with Crippen molar-refractivity contribution in [2.24, 2.45) is 0 Å². The Morgan fingerprint density at radius 3 is 2.25 bits per heavy atom. The highest BCUT2D eigenvalue weighted by atomic mass is 32.2. The SMILES string of the molecule is CSc1nccn2c(-c3ccc(C(=O)Nc4ccc(-c5ccccc5)cc4)cc3)cnc12. The molecule has 5 rings (SSSR count). The van der Waals surface area contributed by atoms with Crippen molar-refractivity contribution in [2.75, 3.05) is 11.6 Å². The van der Waals surface area contributed by atoms with Gasteiger partial charge in [0, 0.05) is 29.2 Å². The molecule has 0 saturated carbocycles. The summed E-state index contributed by atoms with van der Waals surface area (Å²) in [6, 6.07) is 25.6. The lowest BCUT2D eigenvalue weighted by Crippen LogP contribution is -2.11. The maximum Gasteiger partial charge on any atom is 0.255 e. The predicted octanol–water partition coefficient (Wildman–Crippen LogP) is 6.04. The molecule has 6 heteroatoms. The summed E-state index contributed by atoms with van der Waals surface area (Å²) in [5.41, 5.74) is 6.39. The van der Waals surface area contributed by atoms with Crippen LogP contribution in [0.1, 0.15) is 10.4 Å². The van der Waals surface area contributed by atoms with Gasteiger partial charge in [0.25, 0.3) is 5.91 Å². The summed E-state index contributed by atoms with van der Waals surface area (Å²) in [5, 5.41) is 3.85. The van der Waals surface area contributed by atoms with Gasteiger partial charge < -0.3 is 5.32 Å². The topological polar surface area (TPSA) is 59.3 Å². The fourth-order valence-electron chi connectivity index (χ4n) is 3.63. The Morgan fingerprint density at radius 1 is 0.844 bits per heavy atom. The first kappa shape index (κ1) is 20.0. The van der Waals surface area contributed by atoms with Crippen LogP contribution in [0.15, 0.2) is 102 Å². The van der Waals surface area contributed by atoms with Gasteiger partial charge in [0.15, 0.2) is 5.65 Å². The van der Waals surface area contributed by atoms with Crippen molar-refractivity contribution in [2.45, 2.75) is 5.03 Å². The van der Waals surface area contributed by atoms with E-state index in [0.717, 1.165) is 38.7 Å². The zero-order valence-electron chi connectivity index (χ0n) is 17.4. The van der Waals surface area contributed by atoms with Gasteiger partial charge >= 0.3 is 0 Å². The summed E-state index contributed by atoms with van der Waals surface area (Å²) < 4.78 is 2.02. The predicted molar refractivity (Wildman–Crippen MR) is 130 cm³/mol. The van der Waals surface area contributed by atoms with Gasteiger partial charge in [0.1, 0.15) is 5.03 Å². The number of thioether (sulfide) groups is 1. The summed E-state index contributed by atoms with van der Waals surface area (Å²) in [7, 11) is 0. The Kier molecular flexibility index (Phi) is 5.44. The van der Waals surface area contributed by atoms with Gasteiger partial charge in [0.2, 0.25) is 0 Å². The monoisotopic (exact) mass is 436 g/mol. The molecule has 2 heterocycles. The van der Waals surface area contributed by atoms with E-state index in [1.165, 1.54) is 0 Å². The van der Waals surface area contributed by atoms with Crippen LogP contribution >= 0.6 is 11.8 Å². The van der Waals surface area contributed by atoms with E-state index in [0.29, 0.717) is 5.56 Å². The number of imidazole rings is 1. The summed E-state index contributed by atoms with van der Waals surface area (Å²) in [6.07, 6.45) is 7.49. The van der Waals surface area contributed by atoms with Crippen molar-refractivity contribution in [3.05, 3.63) is 103 Å². The summed E-state index contributed by atoms with van der Waals surface area (Å²) in [6.45, 7) is 0. The molecule has 0 aliphatic heterocycles. The molecule has 32 heavy (non-hydrogen) atoms. The fraction of sp³-hybridized carbons (Fsp3) is 0.0385. The number of carbonyl (C=O) groups is 1. The van der Waals surface area contributed by atoms with Gasteiger partial charge in [-0.25, -0.2) is 9.97 Å². The number of amides is 1. The van der Waals surface area contributed by atoms with E-state index in [9.17, 15) is 4.79 Å². The second kappa shape index (κ2) is 8.69. The Morgan fingerprint density at radius 2 is 1.53 bits per heavy atom. The Labute approximate surface area is 190 Å². The molecule has 2 aromatic heterocycles. The number of aromatic nitrogens is 3. The molecule has 0 saturated heterocycles. The van der Waals surface area contributed by atoms with Crippen LogP contribution < -0.4 is 5.32 Å². The third-order valence-corrected chi connectivity index (χ3v) is 5.96. The van der Waals surface area contributed by atoms with Crippen molar-refractivity contribution < 1.29 is 4.79 Å². The number of hydrogen-bond acceptors (Lipinski definition) is 4. The maximum atomic E-state index is 12.7. The first-order valence-electron chi connectivity index (χ1n) is 10.2. The number of nitrogens with one attached hydrogen (secondary N) is 1. The first-order chi connectivity index (χ1) is 15.7. The van der Waals surface area contributed by atoms with E-state index in [-0.39, 0.29) is 5.91 Å². The Balaban J connectivity index is 1.33. The third kappa shape index (κ3) is 3.88.